The maximum atomic E-state index is 9.76. The molecule has 0 fully saturated rings. The lowest BCUT2D eigenvalue weighted by atomic mass is 9.90. The number of aliphatic hydroxyl groups excluding tert-OH is 1. The highest BCUT2D eigenvalue weighted by atomic mass is 127. The second kappa shape index (κ2) is 7.15. The van der Waals surface area contributed by atoms with Crippen LogP contribution in [0.4, 0.5) is 0 Å². The predicted molar refractivity (Wildman–Crippen MR) is 79.3 cm³/mol. The van der Waals surface area contributed by atoms with Gasteiger partial charge in [-0.2, -0.15) is 0 Å². The molecule has 0 saturated heterocycles. The number of fused-ring (bicyclic) bond motifs is 1. The Morgan fingerprint density at radius 1 is 1.29 bits per heavy atom. The number of hydrogen-bond acceptors (Lipinski definition) is 3. The fraction of sp³-hybridized carbons (Fsp3) is 0.625. The quantitative estimate of drug-likeness (QED) is 0.523. The molecule has 2 rings (SSSR count). The number of quaternary nitrogens is 1. The smallest absolute Gasteiger partial charge is 0.161 e. The van der Waals surface area contributed by atoms with Gasteiger partial charge in [0.15, 0.2) is 11.5 Å². The Kier molecular flexibility index (Phi) is 6.31. The van der Waals surface area contributed by atoms with E-state index in [9.17, 15) is 5.11 Å². The first-order chi connectivity index (χ1) is 9.41. The summed E-state index contributed by atoms with van der Waals surface area (Å²) in [5.74, 6) is 1.58. The standard InChI is InChI=1S/C16H26NO3.HI/c1-11(18)10-17(3)7-6-13-8-15(19-4)16(20-5)9-14(13)12(17)2;/h8-9,11-12,18H,6-7,10H2,1-5H3;1H/q+1;/p-1. The largest absolute Gasteiger partial charge is 1.00 e. The third-order valence-corrected chi connectivity index (χ3v) is 4.60. The second-order valence-corrected chi connectivity index (χ2v) is 6.07. The van der Waals surface area contributed by atoms with Gasteiger partial charge in [-0.15, -0.1) is 0 Å². The van der Waals surface area contributed by atoms with E-state index in [-0.39, 0.29) is 30.1 Å². The summed E-state index contributed by atoms with van der Waals surface area (Å²) >= 11 is 0. The summed E-state index contributed by atoms with van der Waals surface area (Å²) in [4.78, 5) is 0. The molecular formula is C16H26INO3. The van der Waals surface area contributed by atoms with Crippen molar-refractivity contribution in [2.75, 3.05) is 34.4 Å². The number of hydrogen-bond donors (Lipinski definition) is 1. The highest BCUT2D eigenvalue weighted by Crippen LogP contribution is 2.40. The number of benzene rings is 1. The van der Waals surface area contributed by atoms with Crippen molar-refractivity contribution in [3.8, 4) is 11.5 Å². The van der Waals surface area contributed by atoms with Crippen LogP contribution >= 0.6 is 0 Å². The van der Waals surface area contributed by atoms with Gasteiger partial charge in [-0.25, -0.2) is 0 Å². The molecule has 1 heterocycles. The van der Waals surface area contributed by atoms with Crippen molar-refractivity contribution in [2.24, 2.45) is 0 Å². The average molecular weight is 407 g/mol. The molecule has 1 aromatic rings. The van der Waals surface area contributed by atoms with E-state index in [0.717, 1.165) is 35.5 Å². The van der Waals surface area contributed by atoms with Crippen LogP contribution in [0, 0.1) is 0 Å². The summed E-state index contributed by atoms with van der Waals surface area (Å²) in [5.41, 5.74) is 2.63. The van der Waals surface area contributed by atoms with Crippen LogP contribution in [0.5, 0.6) is 11.5 Å². The molecule has 0 amide bonds. The van der Waals surface area contributed by atoms with Gasteiger partial charge in [0.25, 0.3) is 0 Å². The fourth-order valence-electron chi connectivity index (χ4n) is 3.30. The molecule has 0 aromatic heterocycles. The summed E-state index contributed by atoms with van der Waals surface area (Å²) in [6, 6.07) is 4.53. The lowest BCUT2D eigenvalue weighted by Crippen LogP contribution is -3.00. The van der Waals surface area contributed by atoms with Crippen LogP contribution < -0.4 is 33.5 Å². The number of rotatable bonds is 4. The van der Waals surface area contributed by atoms with Crippen molar-refractivity contribution in [3.63, 3.8) is 0 Å². The highest BCUT2D eigenvalue weighted by molar-refractivity contribution is 5.48. The molecule has 0 spiro atoms. The Labute approximate surface area is 144 Å². The summed E-state index contributed by atoms with van der Waals surface area (Å²) in [7, 11) is 5.56. The topological polar surface area (TPSA) is 38.7 Å². The van der Waals surface area contributed by atoms with E-state index in [4.69, 9.17) is 9.47 Å². The van der Waals surface area contributed by atoms with Gasteiger partial charge in [-0.05, 0) is 31.5 Å². The monoisotopic (exact) mass is 407 g/mol. The first-order valence-corrected chi connectivity index (χ1v) is 7.18. The molecule has 3 unspecified atom stereocenters. The van der Waals surface area contributed by atoms with Crippen molar-refractivity contribution >= 4 is 0 Å². The van der Waals surface area contributed by atoms with Crippen LogP contribution in [0.3, 0.4) is 0 Å². The van der Waals surface area contributed by atoms with Crippen LogP contribution in [0.2, 0.25) is 0 Å². The van der Waals surface area contributed by atoms with E-state index in [1.807, 2.05) is 6.92 Å². The number of ether oxygens (including phenoxy) is 2. The zero-order valence-corrected chi connectivity index (χ0v) is 15.7. The van der Waals surface area contributed by atoms with Crippen LogP contribution in [0.25, 0.3) is 0 Å². The molecule has 0 aliphatic carbocycles. The molecule has 4 nitrogen and oxygen atoms in total. The van der Waals surface area contributed by atoms with Gasteiger partial charge in [0.1, 0.15) is 18.7 Å². The summed E-state index contributed by atoms with van der Waals surface area (Å²) in [6.07, 6.45) is 0.715. The second-order valence-electron chi connectivity index (χ2n) is 6.07. The van der Waals surface area contributed by atoms with Crippen LogP contribution in [0.15, 0.2) is 12.1 Å². The van der Waals surface area contributed by atoms with Crippen molar-refractivity contribution in [2.45, 2.75) is 32.4 Å². The van der Waals surface area contributed by atoms with Gasteiger partial charge in [-0.3, -0.25) is 0 Å². The van der Waals surface area contributed by atoms with E-state index in [1.165, 1.54) is 11.1 Å². The summed E-state index contributed by atoms with van der Waals surface area (Å²) in [5, 5.41) is 9.76. The lowest BCUT2D eigenvalue weighted by Gasteiger charge is -2.45. The van der Waals surface area contributed by atoms with Crippen molar-refractivity contribution in [3.05, 3.63) is 23.3 Å². The summed E-state index contributed by atoms with van der Waals surface area (Å²) < 4.78 is 11.7. The maximum Gasteiger partial charge on any atom is 0.161 e. The van der Waals surface area contributed by atoms with E-state index < -0.39 is 0 Å². The Balaban J connectivity index is 0.00000220. The molecule has 1 N–H and O–H groups in total. The fourth-order valence-corrected chi connectivity index (χ4v) is 3.30. The Morgan fingerprint density at radius 3 is 2.38 bits per heavy atom. The molecule has 5 heteroatoms. The molecule has 1 aromatic carbocycles. The van der Waals surface area contributed by atoms with Crippen molar-refractivity contribution < 1.29 is 43.0 Å². The Hall–Kier alpha value is -0.530. The van der Waals surface area contributed by atoms with Gasteiger partial charge in [0.05, 0.1) is 27.8 Å². The van der Waals surface area contributed by atoms with Gasteiger partial charge in [0.2, 0.25) is 0 Å². The van der Waals surface area contributed by atoms with E-state index in [1.54, 1.807) is 14.2 Å². The number of nitrogens with zero attached hydrogens (tertiary/aromatic N) is 1. The highest BCUT2D eigenvalue weighted by Gasteiger charge is 2.37. The molecular weight excluding hydrogens is 381 g/mol. The number of methoxy groups -OCH3 is 2. The van der Waals surface area contributed by atoms with E-state index >= 15 is 0 Å². The predicted octanol–water partition coefficient (Wildman–Crippen LogP) is -0.848. The van der Waals surface area contributed by atoms with Gasteiger partial charge in [0, 0.05) is 12.0 Å². The van der Waals surface area contributed by atoms with Gasteiger partial charge < -0.3 is 43.0 Å². The van der Waals surface area contributed by atoms with Crippen molar-refractivity contribution in [1.29, 1.82) is 0 Å². The minimum atomic E-state index is -0.288. The third kappa shape index (κ3) is 3.63. The first kappa shape index (κ1) is 18.5. The number of halogens is 1. The van der Waals surface area contributed by atoms with Crippen LogP contribution in [0.1, 0.15) is 31.0 Å². The minimum Gasteiger partial charge on any atom is -1.00 e. The molecule has 3 atom stereocenters. The van der Waals surface area contributed by atoms with Gasteiger partial charge in [-0.1, -0.05) is 0 Å². The van der Waals surface area contributed by atoms with E-state index in [0.29, 0.717) is 6.04 Å². The Morgan fingerprint density at radius 2 is 1.86 bits per heavy atom. The molecule has 1 aliphatic heterocycles. The number of likely N-dealkylation sites (N-methyl/N-ethyl adjacent to an activating group) is 1. The Bertz CT molecular complexity index is 493. The average Bonchev–Trinajstić information content (AvgIpc) is 2.41. The zero-order chi connectivity index (χ0) is 14.9. The molecule has 0 radical (unpaired) electrons. The first-order valence-electron chi connectivity index (χ1n) is 7.18. The minimum absolute atomic E-state index is 0. The van der Waals surface area contributed by atoms with Crippen LogP contribution in [-0.4, -0.2) is 50.1 Å². The molecule has 21 heavy (non-hydrogen) atoms. The third-order valence-electron chi connectivity index (χ3n) is 4.60. The molecule has 120 valence electrons. The molecule has 0 saturated carbocycles. The molecule has 1 aliphatic rings. The van der Waals surface area contributed by atoms with Crippen molar-refractivity contribution in [1.82, 2.24) is 0 Å². The van der Waals surface area contributed by atoms with E-state index in [2.05, 4.69) is 26.1 Å². The van der Waals surface area contributed by atoms with Gasteiger partial charge >= 0.3 is 0 Å². The lowest BCUT2D eigenvalue weighted by molar-refractivity contribution is -0.942. The SMILES string of the molecule is COc1cc2c(cc1OC)C(C)[N+](C)(CC(C)O)CC2.[I-]. The van der Waals surface area contributed by atoms with Crippen LogP contribution in [-0.2, 0) is 6.42 Å². The zero-order valence-electron chi connectivity index (χ0n) is 13.5. The normalized spacial score (nSPS) is 25.5. The summed E-state index contributed by atoms with van der Waals surface area (Å²) in [6.45, 7) is 5.90. The molecule has 0 bridgehead atoms. The maximum absolute atomic E-state index is 9.76. The number of aliphatic hydroxyl groups is 1.